The van der Waals surface area contributed by atoms with Crippen molar-refractivity contribution in [3.63, 3.8) is 0 Å². The summed E-state index contributed by atoms with van der Waals surface area (Å²) in [5, 5.41) is 32.2. The molecule has 356 valence electrons. The van der Waals surface area contributed by atoms with Crippen LogP contribution in [0.3, 0.4) is 0 Å². The van der Waals surface area contributed by atoms with Crippen LogP contribution in [-0.2, 0) is 19.0 Å². The maximum atomic E-state index is 12.4. The van der Waals surface area contributed by atoms with Crippen LogP contribution in [-0.4, -0.2) is 64.7 Å². The van der Waals surface area contributed by atoms with Gasteiger partial charge in [0.15, 0.2) is 6.29 Å². The molecule has 3 aliphatic rings. The molecule has 64 heavy (non-hydrogen) atoms. The molecular formula is C57H86O7. The molecule has 0 aromatic heterocycles. The SMILES string of the molecule is CC1=C(/C=C/C(C)=C/C=C/C(C)=C/C=C/C=C(C)/C=C/C=C(C)/C=C/C2=C(C)C[C@@H](O[C@H]3O[C@@H](COC(=O)CCCCCCCC(C)C)[C@@H](O)[C@@H](O)[C@@H]3O)CC2(C)C)C(C)(C)CCC1. The van der Waals surface area contributed by atoms with Crippen molar-refractivity contribution >= 4 is 5.97 Å². The predicted octanol–water partition coefficient (Wildman–Crippen LogP) is 13.3. The molecule has 0 bridgehead atoms. The Bertz CT molecular complexity index is 1850. The Balaban J connectivity index is 1.49. The van der Waals surface area contributed by atoms with Gasteiger partial charge in [0, 0.05) is 6.42 Å². The number of esters is 1. The monoisotopic (exact) mass is 883 g/mol. The summed E-state index contributed by atoms with van der Waals surface area (Å²) < 4.78 is 17.7. The number of hydrogen-bond acceptors (Lipinski definition) is 7. The molecule has 0 aromatic rings. The van der Waals surface area contributed by atoms with E-state index in [1.54, 1.807) is 0 Å². The van der Waals surface area contributed by atoms with Crippen LogP contribution in [0, 0.1) is 16.7 Å². The summed E-state index contributed by atoms with van der Waals surface area (Å²) in [6, 6.07) is 0. The molecule has 0 amide bonds. The highest BCUT2D eigenvalue weighted by Gasteiger charge is 2.46. The number of carbonyl (C=O) groups excluding carboxylic acids is 1. The molecule has 0 spiro atoms. The molecule has 3 rings (SSSR count). The summed E-state index contributed by atoms with van der Waals surface area (Å²) in [5.41, 5.74) is 10.1. The van der Waals surface area contributed by atoms with Gasteiger partial charge < -0.3 is 29.5 Å². The zero-order chi connectivity index (χ0) is 47.5. The lowest BCUT2D eigenvalue weighted by Crippen LogP contribution is -2.60. The second kappa shape index (κ2) is 27.1. The molecule has 0 saturated carbocycles. The molecule has 7 nitrogen and oxygen atoms in total. The van der Waals surface area contributed by atoms with Gasteiger partial charge in [0.25, 0.3) is 0 Å². The van der Waals surface area contributed by atoms with Gasteiger partial charge >= 0.3 is 5.97 Å². The van der Waals surface area contributed by atoms with Crippen molar-refractivity contribution in [2.75, 3.05) is 6.61 Å². The third kappa shape index (κ3) is 19.1. The number of allylic oxidation sites excluding steroid dienone is 21. The lowest BCUT2D eigenvalue weighted by molar-refractivity contribution is -0.313. The van der Waals surface area contributed by atoms with E-state index >= 15 is 0 Å². The van der Waals surface area contributed by atoms with E-state index in [0.29, 0.717) is 25.2 Å². The van der Waals surface area contributed by atoms with Crippen LogP contribution in [0.5, 0.6) is 0 Å². The summed E-state index contributed by atoms with van der Waals surface area (Å²) in [5.74, 6) is 0.354. The molecule has 2 aliphatic carbocycles. The average Bonchev–Trinajstić information content (AvgIpc) is 3.20. The van der Waals surface area contributed by atoms with Crippen molar-refractivity contribution < 1.29 is 34.3 Å². The summed E-state index contributed by atoms with van der Waals surface area (Å²) in [6.45, 7) is 26.1. The third-order valence-electron chi connectivity index (χ3n) is 12.9. The smallest absolute Gasteiger partial charge is 0.305 e. The standard InChI is InChI=1S/C57H86O7/c1-40(2)23-16-14-13-15-17-31-51(58)62-39-50-52(59)53(60)54(61)55(64-50)63-47-37-46(8)49(57(11,12)38-47)35-33-44(6)29-21-27-42(4)25-19-18-24-41(3)26-20-28-43(5)32-34-48-45(7)30-22-36-56(48,9)10/h18-21,24-29,32-35,40,47,50,52-55,59-61H,13-17,22-23,30-31,36-39H2,1-12H3/b19-18+,26-20+,27-21+,34-32+,35-33+,41-24+,42-25+,43-28+,44-29+/t47-,50+,52-,53-,54+,55+/m1/s1. The minimum absolute atomic E-state index is 0.221. The highest BCUT2D eigenvalue weighted by molar-refractivity contribution is 5.69. The highest BCUT2D eigenvalue weighted by atomic mass is 16.7. The van der Waals surface area contributed by atoms with Crippen molar-refractivity contribution in [3.05, 3.63) is 130 Å². The molecule has 1 saturated heterocycles. The summed E-state index contributed by atoms with van der Waals surface area (Å²) in [6.07, 6.45) is 34.9. The summed E-state index contributed by atoms with van der Waals surface area (Å²) in [4.78, 5) is 12.4. The van der Waals surface area contributed by atoms with Gasteiger partial charge in [-0.3, -0.25) is 4.79 Å². The zero-order valence-corrected chi connectivity index (χ0v) is 41.8. The molecule has 0 radical (unpaired) electrons. The van der Waals surface area contributed by atoms with Crippen molar-refractivity contribution in [1.82, 2.24) is 0 Å². The molecule has 6 atom stereocenters. The third-order valence-corrected chi connectivity index (χ3v) is 12.9. The number of ether oxygens (including phenoxy) is 3. The molecule has 0 aromatic carbocycles. The van der Waals surface area contributed by atoms with Crippen molar-refractivity contribution in [3.8, 4) is 0 Å². The van der Waals surface area contributed by atoms with Crippen LogP contribution in [0.25, 0.3) is 0 Å². The normalized spacial score (nSPS) is 26.6. The van der Waals surface area contributed by atoms with Crippen LogP contribution in [0.4, 0.5) is 0 Å². The minimum Gasteiger partial charge on any atom is -0.463 e. The maximum Gasteiger partial charge on any atom is 0.305 e. The zero-order valence-electron chi connectivity index (χ0n) is 41.8. The molecule has 1 aliphatic heterocycles. The fraction of sp³-hybridized carbons (Fsp3) is 0.596. The van der Waals surface area contributed by atoms with Gasteiger partial charge in [-0.25, -0.2) is 0 Å². The van der Waals surface area contributed by atoms with E-state index in [1.807, 2.05) is 0 Å². The first-order valence-electron chi connectivity index (χ1n) is 24.2. The van der Waals surface area contributed by atoms with Crippen LogP contribution in [0.1, 0.15) is 160 Å². The molecule has 1 fully saturated rings. The Kier molecular flexibility index (Phi) is 23.2. The van der Waals surface area contributed by atoms with Crippen molar-refractivity contribution in [2.45, 2.75) is 197 Å². The Morgan fingerprint density at radius 3 is 1.80 bits per heavy atom. The van der Waals surface area contributed by atoms with E-state index in [4.69, 9.17) is 14.2 Å². The Hall–Kier alpha value is -3.59. The average molecular weight is 883 g/mol. The molecule has 1 heterocycles. The quantitative estimate of drug-likeness (QED) is 0.0565. The van der Waals surface area contributed by atoms with Crippen molar-refractivity contribution in [2.24, 2.45) is 16.7 Å². The Labute approximate surface area is 388 Å². The van der Waals surface area contributed by atoms with Gasteiger partial charge in [-0.1, -0.05) is 192 Å². The largest absolute Gasteiger partial charge is 0.463 e. The minimum atomic E-state index is -1.49. The van der Waals surface area contributed by atoms with Crippen LogP contribution >= 0.6 is 0 Å². The Morgan fingerprint density at radius 1 is 0.703 bits per heavy atom. The predicted molar refractivity (Wildman–Crippen MR) is 266 cm³/mol. The van der Waals surface area contributed by atoms with Gasteiger partial charge in [-0.2, -0.15) is 0 Å². The molecular weight excluding hydrogens is 797 g/mol. The van der Waals surface area contributed by atoms with Crippen LogP contribution < -0.4 is 0 Å². The number of aliphatic hydroxyl groups is 3. The molecule has 0 unspecified atom stereocenters. The first-order valence-corrected chi connectivity index (χ1v) is 24.2. The summed E-state index contributed by atoms with van der Waals surface area (Å²) in [7, 11) is 0. The second-order valence-corrected chi connectivity index (χ2v) is 20.5. The number of unbranched alkanes of at least 4 members (excludes halogenated alkanes) is 4. The maximum absolute atomic E-state index is 12.4. The topological polar surface area (TPSA) is 105 Å². The van der Waals surface area contributed by atoms with E-state index in [2.05, 4.69) is 168 Å². The highest BCUT2D eigenvalue weighted by Crippen LogP contribution is 2.43. The van der Waals surface area contributed by atoms with E-state index in [0.717, 1.165) is 30.4 Å². The summed E-state index contributed by atoms with van der Waals surface area (Å²) >= 11 is 0. The lowest BCUT2D eigenvalue weighted by atomic mass is 9.71. The van der Waals surface area contributed by atoms with Gasteiger partial charge in [0.05, 0.1) is 6.10 Å². The van der Waals surface area contributed by atoms with Gasteiger partial charge in [0.2, 0.25) is 0 Å². The lowest BCUT2D eigenvalue weighted by Gasteiger charge is -2.43. The van der Waals surface area contributed by atoms with Crippen molar-refractivity contribution in [1.29, 1.82) is 0 Å². The number of carbonyl (C=O) groups is 1. The number of aliphatic hydroxyl groups excluding tert-OH is 3. The van der Waals surface area contributed by atoms with Gasteiger partial charge in [-0.05, 0) is 108 Å². The van der Waals surface area contributed by atoms with E-state index in [-0.39, 0.29) is 29.5 Å². The number of rotatable bonds is 22. The first-order chi connectivity index (χ1) is 30.2. The molecule has 7 heteroatoms. The van der Waals surface area contributed by atoms with E-state index < -0.39 is 30.7 Å². The molecule has 3 N–H and O–H groups in total. The Morgan fingerprint density at radius 2 is 1.23 bits per heavy atom. The fourth-order valence-corrected chi connectivity index (χ4v) is 8.98. The van der Waals surface area contributed by atoms with E-state index in [1.165, 1.54) is 72.0 Å². The second-order valence-electron chi connectivity index (χ2n) is 20.5. The first kappa shape index (κ1) is 54.7. The fourth-order valence-electron chi connectivity index (χ4n) is 8.98. The van der Waals surface area contributed by atoms with Gasteiger partial charge in [0.1, 0.15) is 31.0 Å². The van der Waals surface area contributed by atoms with Crippen LogP contribution in [0.2, 0.25) is 0 Å². The van der Waals surface area contributed by atoms with Gasteiger partial charge in [-0.15, -0.1) is 0 Å². The van der Waals surface area contributed by atoms with E-state index in [9.17, 15) is 20.1 Å². The van der Waals surface area contributed by atoms with Crippen LogP contribution in [0.15, 0.2) is 130 Å². The number of hydrogen-bond donors (Lipinski definition) is 3.